The molecule has 1 aromatic heterocycles. The summed E-state index contributed by atoms with van der Waals surface area (Å²) in [6.07, 6.45) is -2.77. The van der Waals surface area contributed by atoms with Gasteiger partial charge in [-0.1, -0.05) is 0 Å². The number of hydrogen-bond donors (Lipinski definition) is 1. The number of nitrogens with two attached hydrogens (primary N) is 1. The minimum atomic E-state index is -4.15. The average Bonchev–Trinajstić information content (AvgIpc) is 3.17. The Kier molecular flexibility index (Phi) is 8.72. The highest BCUT2D eigenvalue weighted by Gasteiger charge is 2.43. The van der Waals surface area contributed by atoms with Gasteiger partial charge in [-0.05, 0) is 40.2 Å². The number of thiophene rings is 1. The van der Waals surface area contributed by atoms with Gasteiger partial charge in [-0.25, -0.2) is 31.6 Å². The highest BCUT2D eigenvalue weighted by molar-refractivity contribution is 7.95. The minimum Gasteiger partial charge on any atom is -0.459 e. The fraction of sp³-hybridized carbons (Fsp3) is 0.632. The fourth-order valence-corrected chi connectivity index (χ4v) is 7.77. The molecule has 2 rings (SSSR count). The number of hydrogen-bond acceptors (Lipinski definition) is 11. The summed E-state index contributed by atoms with van der Waals surface area (Å²) in [6.45, 7) is 6.94. The van der Waals surface area contributed by atoms with Gasteiger partial charge in [0, 0.05) is 19.0 Å². The minimum absolute atomic E-state index is 0.0301. The SMILES string of the molecule is CCN(C(=O)OC(C)COC(=O)[C@H](C)OC(C)=O)[C@H]1C[C@H](C)S(=O)(=O)c2sc(S(N)(=O)=O)cc21. The van der Waals surface area contributed by atoms with Gasteiger partial charge in [-0.2, -0.15) is 0 Å². The summed E-state index contributed by atoms with van der Waals surface area (Å²) < 4.78 is 63.8. The van der Waals surface area contributed by atoms with Crippen LogP contribution in [0.4, 0.5) is 4.79 Å². The number of rotatable bonds is 8. The molecule has 192 valence electrons. The zero-order valence-corrected chi connectivity index (χ0v) is 21.8. The summed E-state index contributed by atoms with van der Waals surface area (Å²) in [5, 5.41) is 4.32. The number of primary sulfonamides is 1. The normalized spacial score (nSPS) is 21.0. The Balaban J connectivity index is 2.19. The van der Waals surface area contributed by atoms with Crippen molar-refractivity contribution < 1.29 is 45.4 Å². The first kappa shape index (κ1) is 28.0. The molecular formula is C19H28N2O10S3. The second-order valence-corrected chi connectivity index (χ2v) is 13.2. The average molecular weight is 541 g/mol. The number of ether oxygens (including phenoxy) is 3. The summed E-state index contributed by atoms with van der Waals surface area (Å²) in [4.78, 5) is 37.0. The van der Waals surface area contributed by atoms with Crippen LogP contribution in [0.2, 0.25) is 0 Å². The predicted octanol–water partition coefficient (Wildman–Crippen LogP) is 1.34. The Bertz CT molecular complexity index is 1160. The molecular weight excluding hydrogens is 512 g/mol. The first-order chi connectivity index (χ1) is 15.6. The summed E-state index contributed by atoms with van der Waals surface area (Å²) in [5.74, 6) is -1.46. The molecule has 0 fully saturated rings. The van der Waals surface area contributed by atoms with Gasteiger partial charge < -0.3 is 19.1 Å². The number of sulfone groups is 1. The van der Waals surface area contributed by atoms with E-state index in [9.17, 15) is 31.2 Å². The molecule has 0 spiro atoms. The molecule has 0 saturated heterocycles. The second kappa shape index (κ2) is 10.6. The largest absolute Gasteiger partial charge is 0.459 e. The number of amides is 1. The molecule has 0 radical (unpaired) electrons. The molecule has 1 amide bonds. The Morgan fingerprint density at radius 2 is 1.88 bits per heavy atom. The number of esters is 2. The van der Waals surface area contributed by atoms with Crippen LogP contribution in [0.25, 0.3) is 0 Å². The van der Waals surface area contributed by atoms with Crippen LogP contribution in [0.5, 0.6) is 0 Å². The van der Waals surface area contributed by atoms with Crippen LogP contribution < -0.4 is 5.14 Å². The van der Waals surface area contributed by atoms with E-state index in [1.165, 1.54) is 31.7 Å². The number of carbonyl (C=O) groups is 3. The van der Waals surface area contributed by atoms with E-state index < -0.39 is 61.4 Å². The van der Waals surface area contributed by atoms with Gasteiger partial charge in [0.15, 0.2) is 15.9 Å². The highest BCUT2D eigenvalue weighted by Crippen LogP contribution is 2.45. The highest BCUT2D eigenvalue weighted by atomic mass is 32.3. The zero-order valence-electron chi connectivity index (χ0n) is 19.3. The molecule has 1 aromatic rings. The van der Waals surface area contributed by atoms with Crippen molar-refractivity contribution in [3.8, 4) is 0 Å². The van der Waals surface area contributed by atoms with Gasteiger partial charge in [0.25, 0.3) is 0 Å². The van der Waals surface area contributed by atoms with E-state index in [0.717, 1.165) is 6.92 Å². The van der Waals surface area contributed by atoms with Crippen LogP contribution in [0, 0.1) is 0 Å². The molecule has 15 heteroatoms. The van der Waals surface area contributed by atoms with Gasteiger partial charge in [-0.3, -0.25) is 4.79 Å². The molecule has 2 heterocycles. The number of sulfonamides is 1. The molecule has 2 N–H and O–H groups in total. The summed E-state index contributed by atoms with van der Waals surface area (Å²) in [5.41, 5.74) is 0.167. The van der Waals surface area contributed by atoms with E-state index in [-0.39, 0.29) is 33.6 Å². The smallest absolute Gasteiger partial charge is 0.410 e. The molecule has 1 unspecified atom stereocenters. The lowest BCUT2D eigenvalue weighted by atomic mass is 10.0. The van der Waals surface area contributed by atoms with Gasteiger partial charge >= 0.3 is 18.0 Å². The monoisotopic (exact) mass is 540 g/mol. The Hall–Kier alpha value is -2.23. The molecule has 0 saturated carbocycles. The van der Waals surface area contributed by atoms with E-state index in [4.69, 9.17) is 19.3 Å². The number of carbonyl (C=O) groups excluding carboxylic acids is 3. The fourth-order valence-electron chi connectivity index (χ4n) is 3.37. The van der Waals surface area contributed by atoms with Crippen molar-refractivity contribution >= 4 is 49.2 Å². The van der Waals surface area contributed by atoms with Crippen molar-refractivity contribution in [3.63, 3.8) is 0 Å². The van der Waals surface area contributed by atoms with Crippen molar-refractivity contribution in [1.82, 2.24) is 4.90 Å². The molecule has 4 atom stereocenters. The molecule has 1 aliphatic heterocycles. The lowest BCUT2D eigenvalue weighted by molar-refractivity contribution is -0.167. The predicted molar refractivity (Wildman–Crippen MR) is 120 cm³/mol. The van der Waals surface area contributed by atoms with Crippen molar-refractivity contribution in [1.29, 1.82) is 0 Å². The first-order valence-corrected chi connectivity index (χ1v) is 14.2. The van der Waals surface area contributed by atoms with Crippen LogP contribution in [0.3, 0.4) is 0 Å². The van der Waals surface area contributed by atoms with Crippen LogP contribution in [-0.2, 0) is 43.7 Å². The molecule has 1 aliphatic rings. The third-order valence-corrected chi connectivity index (χ3v) is 10.4. The van der Waals surface area contributed by atoms with Crippen molar-refractivity contribution in [2.45, 2.75) is 73.0 Å². The van der Waals surface area contributed by atoms with Gasteiger partial charge in [0.1, 0.15) is 21.1 Å². The van der Waals surface area contributed by atoms with Crippen molar-refractivity contribution in [2.24, 2.45) is 5.14 Å². The number of fused-ring (bicyclic) bond motifs is 1. The van der Waals surface area contributed by atoms with Gasteiger partial charge in [-0.15, -0.1) is 11.3 Å². The molecule has 0 aliphatic carbocycles. The lowest BCUT2D eigenvalue weighted by Gasteiger charge is -2.35. The molecule has 0 bridgehead atoms. The molecule has 34 heavy (non-hydrogen) atoms. The van der Waals surface area contributed by atoms with E-state index in [1.54, 1.807) is 6.92 Å². The van der Waals surface area contributed by atoms with Gasteiger partial charge in [0.2, 0.25) is 10.0 Å². The summed E-state index contributed by atoms with van der Waals surface area (Å²) in [7, 11) is -7.94. The van der Waals surface area contributed by atoms with Crippen LogP contribution >= 0.6 is 11.3 Å². The third kappa shape index (κ3) is 6.25. The number of nitrogens with zero attached hydrogens (tertiary/aromatic N) is 1. The first-order valence-electron chi connectivity index (χ1n) is 10.3. The maximum absolute atomic E-state index is 12.9. The summed E-state index contributed by atoms with van der Waals surface area (Å²) >= 11 is 0.555. The zero-order chi connectivity index (χ0) is 26.0. The Labute approximate surface area is 202 Å². The van der Waals surface area contributed by atoms with Crippen molar-refractivity contribution in [3.05, 3.63) is 11.6 Å². The maximum Gasteiger partial charge on any atom is 0.410 e. The topological polar surface area (TPSA) is 176 Å². The maximum atomic E-state index is 12.9. The standard InChI is InChI=1S/C19H28N2O10S3/c1-6-21(19(24)30-10(2)9-29-17(23)12(4)31-13(5)22)15-7-11(3)33(25,26)18-14(15)8-16(32-18)34(20,27)28/h8,10-12,15H,6-7,9H2,1-5H3,(H2,20,27,28)/t10?,11-,12-,15-/m0/s1. The van der Waals surface area contributed by atoms with Crippen LogP contribution in [0.1, 0.15) is 52.6 Å². The van der Waals surface area contributed by atoms with E-state index in [1.807, 2.05) is 0 Å². The lowest BCUT2D eigenvalue weighted by Crippen LogP contribution is -2.42. The van der Waals surface area contributed by atoms with Crippen molar-refractivity contribution in [2.75, 3.05) is 13.2 Å². The van der Waals surface area contributed by atoms with E-state index in [2.05, 4.69) is 0 Å². The van der Waals surface area contributed by atoms with Crippen LogP contribution in [0.15, 0.2) is 14.5 Å². The van der Waals surface area contributed by atoms with Gasteiger partial charge in [0.05, 0.1) is 11.3 Å². The third-order valence-electron chi connectivity index (χ3n) is 5.07. The Morgan fingerprint density at radius 3 is 2.41 bits per heavy atom. The summed E-state index contributed by atoms with van der Waals surface area (Å²) in [6, 6.07) is 0.414. The van der Waals surface area contributed by atoms with E-state index in [0.29, 0.717) is 11.3 Å². The molecule has 12 nitrogen and oxygen atoms in total. The molecule has 0 aromatic carbocycles. The Morgan fingerprint density at radius 1 is 1.26 bits per heavy atom. The quantitative estimate of drug-likeness (QED) is 0.374. The second-order valence-electron chi connectivity index (χ2n) is 7.82. The van der Waals surface area contributed by atoms with E-state index >= 15 is 0 Å². The van der Waals surface area contributed by atoms with Crippen LogP contribution in [-0.4, -0.2) is 70.4 Å².